The molecule has 0 spiro atoms. The number of nitrogens with one attached hydrogen (secondary N) is 3. The van der Waals surface area contributed by atoms with Crippen molar-refractivity contribution in [2.24, 2.45) is 0 Å². The predicted octanol–water partition coefficient (Wildman–Crippen LogP) is 3.66. The number of rotatable bonds is 4. The summed E-state index contributed by atoms with van der Waals surface area (Å²) < 4.78 is 1.87. The number of anilines is 1. The number of aryl methyl sites for hydroxylation is 1. The standard InChI is InChI=1S/C23H25N5O.ClH/c29-23(25-21-15-24-14-19(21)16-8-3-1-4-9-16)26-22-18-12-7-13-20(18)27-28(22)17-10-5-2-6-11-17;/h1-6,8-11,19,21,24H,7,12-15H2,(H2,25,26,29);1H/t19-,21+;/m1./s1. The molecule has 2 heterocycles. The number of halogens is 1. The number of amides is 2. The van der Waals surface area contributed by atoms with Crippen LogP contribution in [0.2, 0.25) is 0 Å². The highest BCUT2D eigenvalue weighted by atomic mass is 35.5. The zero-order chi connectivity index (χ0) is 19.6. The summed E-state index contributed by atoms with van der Waals surface area (Å²) in [6.45, 7) is 1.63. The van der Waals surface area contributed by atoms with Crippen LogP contribution < -0.4 is 16.0 Å². The largest absolute Gasteiger partial charge is 0.333 e. The lowest BCUT2D eigenvalue weighted by Gasteiger charge is -2.21. The number of nitrogens with zero attached hydrogens (tertiary/aromatic N) is 2. The Balaban J connectivity index is 0.00000218. The van der Waals surface area contributed by atoms with Gasteiger partial charge in [-0.25, -0.2) is 9.48 Å². The van der Waals surface area contributed by atoms with Crippen LogP contribution in [-0.4, -0.2) is 34.9 Å². The Morgan fingerprint density at radius 1 is 1.00 bits per heavy atom. The number of aromatic nitrogens is 2. The summed E-state index contributed by atoms with van der Waals surface area (Å²) in [6.07, 6.45) is 3.01. The SMILES string of the molecule is Cl.O=C(Nc1c2c(nn1-c1ccccc1)CCC2)N[C@H]1CNC[C@@H]1c1ccccc1. The van der Waals surface area contributed by atoms with Gasteiger partial charge in [-0.05, 0) is 37.0 Å². The molecular weight excluding hydrogens is 398 g/mol. The highest BCUT2D eigenvalue weighted by Gasteiger charge is 2.30. The predicted molar refractivity (Wildman–Crippen MR) is 121 cm³/mol. The summed E-state index contributed by atoms with van der Waals surface area (Å²) in [6, 6.07) is 20.2. The Kier molecular flexibility index (Phi) is 6.06. The van der Waals surface area contributed by atoms with Gasteiger partial charge in [-0.1, -0.05) is 48.5 Å². The number of hydrogen-bond acceptors (Lipinski definition) is 3. The molecule has 2 aromatic carbocycles. The van der Waals surface area contributed by atoms with Gasteiger partial charge in [0, 0.05) is 24.6 Å². The molecule has 6 nitrogen and oxygen atoms in total. The second-order valence-electron chi connectivity index (χ2n) is 7.76. The molecule has 2 amide bonds. The van der Waals surface area contributed by atoms with E-state index in [4.69, 9.17) is 5.10 Å². The van der Waals surface area contributed by atoms with Gasteiger partial charge in [-0.3, -0.25) is 5.32 Å². The molecule has 1 aliphatic heterocycles. The quantitative estimate of drug-likeness (QED) is 0.599. The lowest BCUT2D eigenvalue weighted by atomic mass is 9.94. The van der Waals surface area contributed by atoms with Crippen LogP contribution in [0.25, 0.3) is 5.69 Å². The van der Waals surface area contributed by atoms with Crippen LogP contribution in [0, 0.1) is 0 Å². The minimum Gasteiger partial charge on any atom is -0.333 e. The second kappa shape index (κ2) is 8.90. The van der Waals surface area contributed by atoms with Crippen LogP contribution in [0.1, 0.15) is 29.2 Å². The second-order valence-corrected chi connectivity index (χ2v) is 7.76. The summed E-state index contributed by atoms with van der Waals surface area (Å²) in [5.41, 5.74) is 4.46. The molecule has 2 atom stereocenters. The molecule has 3 N–H and O–H groups in total. The Hall–Kier alpha value is -2.83. The fourth-order valence-corrected chi connectivity index (χ4v) is 4.47. The molecule has 0 saturated carbocycles. The summed E-state index contributed by atoms with van der Waals surface area (Å²) in [5.74, 6) is 1.06. The van der Waals surface area contributed by atoms with E-state index in [1.807, 2.05) is 53.2 Å². The third-order valence-electron chi connectivity index (χ3n) is 5.90. The smallest absolute Gasteiger partial charge is 0.320 e. The van der Waals surface area contributed by atoms with Gasteiger partial charge < -0.3 is 10.6 Å². The van der Waals surface area contributed by atoms with Gasteiger partial charge in [0.2, 0.25) is 0 Å². The van der Waals surface area contributed by atoms with E-state index in [2.05, 4.69) is 28.1 Å². The van der Waals surface area contributed by atoms with E-state index in [9.17, 15) is 4.79 Å². The first-order valence-corrected chi connectivity index (χ1v) is 10.3. The Labute approximate surface area is 182 Å². The number of carbonyl (C=O) groups is 1. The van der Waals surface area contributed by atoms with Crippen molar-refractivity contribution in [1.82, 2.24) is 20.4 Å². The molecule has 3 aromatic rings. The van der Waals surface area contributed by atoms with E-state index in [1.54, 1.807) is 0 Å². The minimum absolute atomic E-state index is 0. The first-order valence-electron chi connectivity index (χ1n) is 10.3. The fraction of sp³-hybridized carbons (Fsp3) is 0.304. The van der Waals surface area contributed by atoms with E-state index >= 15 is 0 Å². The molecule has 5 rings (SSSR count). The lowest BCUT2D eigenvalue weighted by Crippen LogP contribution is -2.42. The maximum Gasteiger partial charge on any atom is 0.320 e. The van der Waals surface area contributed by atoms with Crippen molar-refractivity contribution in [2.45, 2.75) is 31.2 Å². The van der Waals surface area contributed by atoms with Crippen LogP contribution in [0.5, 0.6) is 0 Å². The Morgan fingerprint density at radius 3 is 2.50 bits per heavy atom. The van der Waals surface area contributed by atoms with Gasteiger partial charge in [0.15, 0.2) is 0 Å². The molecule has 0 bridgehead atoms. The maximum absolute atomic E-state index is 12.9. The normalized spacial score (nSPS) is 19.7. The molecule has 156 valence electrons. The van der Waals surface area contributed by atoms with Crippen molar-refractivity contribution in [3.05, 3.63) is 77.5 Å². The van der Waals surface area contributed by atoms with Gasteiger partial charge in [0.1, 0.15) is 5.82 Å². The average Bonchev–Trinajstić information content (AvgIpc) is 3.47. The van der Waals surface area contributed by atoms with Crippen molar-refractivity contribution in [2.75, 3.05) is 18.4 Å². The van der Waals surface area contributed by atoms with E-state index in [1.165, 1.54) is 5.56 Å². The highest BCUT2D eigenvalue weighted by Crippen LogP contribution is 2.31. The topological polar surface area (TPSA) is 71.0 Å². The van der Waals surface area contributed by atoms with E-state index in [0.29, 0.717) is 0 Å². The van der Waals surface area contributed by atoms with Gasteiger partial charge in [0.05, 0.1) is 17.4 Å². The molecule has 2 aliphatic rings. The minimum atomic E-state index is -0.175. The van der Waals surface area contributed by atoms with Crippen molar-refractivity contribution in [3.8, 4) is 5.69 Å². The maximum atomic E-state index is 12.9. The van der Waals surface area contributed by atoms with Gasteiger partial charge in [0.25, 0.3) is 0 Å². The van der Waals surface area contributed by atoms with E-state index in [-0.39, 0.29) is 30.4 Å². The lowest BCUT2D eigenvalue weighted by molar-refractivity contribution is 0.248. The number of hydrogen-bond donors (Lipinski definition) is 3. The molecule has 1 aliphatic carbocycles. The number of urea groups is 1. The van der Waals surface area contributed by atoms with Crippen LogP contribution in [0.4, 0.5) is 10.6 Å². The first-order chi connectivity index (χ1) is 14.3. The van der Waals surface area contributed by atoms with Crippen LogP contribution in [0.3, 0.4) is 0 Å². The van der Waals surface area contributed by atoms with Gasteiger partial charge >= 0.3 is 6.03 Å². The summed E-state index contributed by atoms with van der Waals surface area (Å²) in [7, 11) is 0. The molecule has 1 saturated heterocycles. The summed E-state index contributed by atoms with van der Waals surface area (Å²) >= 11 is 0. The zero-order valence-corrected chi connectivity index (χ0v) is 17.5. The molecule has 30 heavy (non-hydrogen) atoms. The highest BCUT2D eigenvalue weighted by molar-refractivity contribution is 5.90. The molecule has 7 heteroatoms. The summed E-state index contributed by atoms with van der Waals surface area (Å²) in [5, 5.41) is 14.5. The van der Waals surface area contributed by atoms with Crippen LogP contribution in [0.15, 0.2) is 60.7 Å². The van der Waals surface area contributed by atoms with Crippen molar-refractivity contribution >= 4 is 24.3 Å². The van der Waals surface area contributed by atoms with Crippen LogP contribution in [-0.2, 0) is 12.8 Å². The Bertz CT molecular complexity index is 1010. The third-order valence-corrected chi connectivity index (χ3v) is 5.90. The third kappa shape index (κ3) is 3.93. The first kappa shape index (κ1) is 20.4. The van der Waals surface area contributed by atoms with Crippen molar-refractivity contribution < 1.29 is 4.79 Å². The number of fused-ring (bicyclic) bond motifs is 1. The molecular formula is C23H26ClN5O. The number of carbonyl (C=O) groups excluding carboxylic acids is 1. The monoisotopic (exact) mass is 423 g/mol. The molecule has 0 radical (unpaired) electrons. The molecule has 1 fully saturated rings. The van der Waals surface area contributed by atoms with Crippen LogP contribution >= 0.6 is 12.4 Å². The molecule has 1 aromatic heterocycles. The van der Waals surface area contributed by atoms with E-state index < -0.39 is 0 Å². The van der Waals surface area contributed by atoms with Gasteiger partial charge in [-0.2, -0.15) is 5.10 Å². The van der Waals surface area contributed by atoms with E-state index in [0.717, 1.165) is 55.1 Å². The van der Waals surface area contributed by atoms with Gasteiger partial charge in [-0.15, -0.1) is 12.4 Å². The zero-order valence-electron chi connectivity index (χ0n) is 16.7. The van der Waals surface area contributed by atoms with Crippen molar-refractivity contribution in [3.63, 3.8) is 0 Å². The fourth-order valence-electron chi connectivity index (χ4n) is 4.47. The summed E-state index contributed by atoms with van der Waals surface area (Å²) in [4.78, 5) is 12.9. The molecule has 0 unspecified atom stereocenters. The number of benzene rings is 2. The number of para-hydroxylation sites is 1. The Morgan fingerprint density at radius 2 is 1.73 bits per heavy atom. The average molecular weight is 424 g/mol. The van der Waals surface area contributed by atoms with Crippen molar-refractivity contribution in [1.29, 1.82) is 0 Å².